The molecule has 1 aliphatic carbocycles. The van der Waals surface area contributed by atoms with Gasteiger partial charge in [0.25, 0.3) is 29.5 Å². The fraction of sp³-hybridized carbons (Fsp3) is 0.333. The molecule has 0 bridgehead atoms. The van der Waals surface area contributed by atoms with Gasteiger partial charge in [-0.05, 0) is 54.9 Å². The summed E-state index contributed by atoms with van der Waals surface area (Å²) in [6.45, 7) is 13.6. The highest BCUT2D eigenvalue weighted by Gasteiger charge is 2.49. The summed E-state index contributed by atoms with van der Waals surface area (Å²) in [5.41, 5.74) is 1.80. The largest absolute Gasteiger partial charge is 0.503 e. The molecule has 5 aliphatic heterocycles. The molecule has 21 heteroatoms. The number of rotatable bonds is 8. The molecule has 0 saturated carbocycles. The van der Waals surface area contributed by atoms with Crippen LogP contribution in [-0.4, -0.2) is 105 Å². The fourth-order valence-corrected chi connectivity index (χ4v) is 10.3. The summed E-state index contributed by atoms with van der Waals surface area (Å²) in [4.78, 5) is 97.9. The number of ether oxygens (including phenoxy) is 2. The molecule has 0 aromatic carbocycles. The second kappa shape index (κ2) is 16.6. The Labute approximate surface area is 380 Å². The molecule has 0 radical (unpaired) electrons. The molecular weight excluding hydrogens is 875 g/mol. The lowest BCUT2D eigenvalue weighted by Gasteiger charge is -2.51. The number of fused-ring (bicyclic) bond motifs is 4. The zero-order valence-corrected chi connectivity index (χ0v) is 36.8. The first-order chi connectivity index (χ1) is 31.5. The summed E-state index contributed by atoms with van der Waals surface area (Å²) in [5, 5.41) is 30.3. The van der Waals surface area contributed by atoms with Gasteiger partial charge in [-0.2, -0.15) is 0 Å². The highest BCUT2D eigenvalue weighted by atomic mass is 32.2. The molecular formula is C45H45N9O11S. The van der Waals surface area contributed by atoms with E-state index >= 15 is 0 Å². The van der Waals surface area contributed by atoms with E-state index in [4.69, 9.17) is 9.47 Å². The predicted octanol–water partition coefficient (Wildman–Crippen LogP) is 2.89. The van der Waals surface area contributed by atoms with Crippen molar-refractivity contribution in [1.29, 1.82) is 0 Å². The molecule has 8 heterocycles. The summed E-state index contributed by atoms with van der Waals surface area (Å²) in [7, 11) is 0. The Morgan fingerprint density at radius 3 is 2.36 bits per heavy atom. The maximum Gasteiger partial charge on any atom is 0.281 e. The third kappa shape index (κ3) is 7.18. The molecule has 9 rings (SSSR count). The Kier molecular flexibility index (Phi) is 11.1. The Morgan fingerprint density at radius 2 is 1.67 bits per heavy atom. The molecule has 4 unspecified atom stereocenters. The summed E-state index contributed by atoms with van der Waals surface area (Å²) < 4.78 is 15.9. The maximum absolute atomic E-state index is 14.1. The number of aromatic nitrogens is 4. The first-order valence-corrected chi connectivity index (χ1v) is 22.1. The van der Waals surface area contributed by atoms with E-state index in [1.807, 2.05) is 18.2 Å². The van der Waals surface area contributed by atoms with Crippen LogP contribution in [0.4, 0.5) is 5.82 Å². The molecule has 3 aromatic rings. The lowest BCUT2D eigenvalue weighted by atomic mass is 9.93. The van der Waals surface area contributed by atoms with Crippen molar-refractivity contribution in [2.24, 2.45) is 11.8 Å². The lowest BCUT2D eigenvalue weighted by molar-refractivity contribution is -0.180. The first kappa shape index (κ1) is 44.0. The van der Waals surface area contributed by atoms with Crippen molar-refractivity contribution in [3.8, 4) is 11.5 Å². The van der Waals surface area contributed by atoms with Crippen molar-refractivity contribution >= 4 is 58.4 Å². The minimum Gasteiger partial charge on any atom is -0.503 e. The number of thioether (sulfide) groups is 1. The number of pyridine rings is 2. The van der Waals surface area contributed by atoms with E-state index in [0.29, 0.717) is 35.6 Å². The summed E-state index contributed by atoms with van der Waals surface area (Å²) in [6.07, 6.45) is 15.0. The number of hydrogen-bond acceptors (Lipinski definition) is 13. The highest BCUT2D eigenvalue weighted by molar-refractivity contribution is 8.03. The smallest absolute Gasteiger partial charge is 0.281 e. The second-order valence-electron chi connectivity index (χ2n) is 16.9. The van der Waals surface area contributed by atoms with Crippen LogP contribution in [0.25, 0.3) is 11.3 Å². The number of carbonyl (C=O) groups is 5. The average Bonchev–Trinajstić information content (AvgIpc) is 3.89. The minimum absolute atomic E-state index is 0.00843. The molecule has 5 N–H and O–H groups in total. The van der Waals surface area contributed by atoms with Crippen molar-refractivity contribution in [3.63, 3.8) is 0 Å². The molecule has 0 spiro atoms. The first-order valence-electron chi connectivity index (χ1n) is 21.1. The number of aromatic hydroxyl groups is 2. The van der Waals surface area contributed by atoms with Crippen molar-refractivity contribution in [2.45, 2.75) is 69.9 Å². The van der Waals surface area contributed by atoms with Crippen LogP contribution in [0.1, 0.15) is 80.9 Å². The van der Waals surface area contributed by atoms with Crippen LogP contribution in [0, 0.1) is 11.8 Å². The fourth-order valence-electron chi connectivity index (χ4n) is 9.12. The standard InChI is InChI=1S/C45H45N9O11S/c1-6-24-12-14-64-31-19-50-16-29(35(56)36(57)32(50)43(62)53(24)31)41(60)47-48-42(61)38-23(4)30(20-66-38)27-18-52(26-10-8-22(3)9-11-26)49-39(27)46-40(59)28-17-51-21-45(5)54(25(7-2)13-15-65-45)44(63)33(51)37(58)34(28)55/h6-8,10-12,16-18,20,22-23,25,31,38,57-58H,1-2,9,13-15,19,21H2,3-5H3,(H,47,60)(H,48,61)(H,46,49,59)/t22?,23?,25-,31+,38?,45?/m1/s1. The van der Waals surface area contributed by atoms with E-state index in [9.17, 15) is 43.8 Å². The third-order valence-corrected chi connectivity index (χ3v) is 13.9. The van der Waals surface area contributed by atoms with Gasteiger partial charge in [0.05, 0.1) is 43.3 Å². The molecule has 5 amide bonds. The number of carbonyl (C=O) groups excluding carboxylic acids is 5. The Morgan fingerprint density at radius 1 is 0.955 bits per heavy atom. The zero-order chi connectivity index (χ0) is 46.9. The number of allylic oxidation sites excluding steroid dienone is 6. The van der Waals surface area contributed by atoms with Crippen LogP contribution in [0.2, 0.25) is 0 Å². The van der Waals surface area contributed by atoms with Gasteiger partial charge < -0.3 is 39.0 Å². The quantitative estimate of drug-likeness (QED) is 0.161. The van der Waals surface area contributed by atoms with Crippen LogP contribution in [0.3, 0.4) is 0 Å². The van der Waals surface area contributed by atoms with Crippen molar-refractivity contribution < 1.29 is 43.7 Å². The van der Waals surface area contributed by atoms with E-state index in [0.717, 1.165) is 24.4 Å². The van der Waals surface area contributed by atoms with Gasteiger partial charge in [0, 0.05) is 35.8 Å². The molecule has 20 nitrogen and oxygen atoms in total. The topological polar surface area (TPSA) is 249 Å². The van der Waals surface area contributed by atoms with E-state index < -0.39 is 92.2 Å². The van der Waals surface area contributed by atoms with Gasteiger partial charge in [0.15, 0.2) is 40.7 Å². The number of anilines is 1. The van der Waals surface area contributed by atoms with Crippen molar-refractivity contribution in [3.05, 3.63) is 128 Å². The number of amides is 5. The predicted molar refractivity (Wildman–Crippen MR) is 240 cm³/mol. The molecule has 1 saturated heterocycles. The molecule has 6 aliphatic rings. The SMILES string of the molecule is C=CC1=CCO[C@H]2Cn3cc(C(=O)NNC(=O)C4SC=C(c5cn(C6=CCC(C)C=C6)nc5NC(=O)c5cn6c(c(O)c5=O)C(=O)N5[C@H](C=C)CCOC5(C)C6)C4C)c(=O)c(O)c3C(=O)N12. The summed E-state index contributed by atoms with van der Waals surface area (Å²) >= 11 is 1.13. The van der Waals surface area contributed by atoms with E-state index in [2.05, 4.69) is 41.3 Å². The van der Waals surface area contributed by atoms with Crippen LogP contribution in [0.5, 0.6) is 11.5 Å². The molecule has 66 heavy (non-hydrogen) atoms. The van der Waals surface area contributed by atoms with Gasteiger partial charge in [-0.3, -0.25) is 49.3 Å². The summed E-state index contributed by atoms with van der Waals surface area (Å²) in [6, 6.07) is -0.400. The van der Waals surface area contributed by atoms with Gasteiger partial charge in [-0.1, -0.05) is 38.7 Å². The Hall–Kier alpha value is -7.23. The van der Waals surface area contributed by atoms with Gasteiger partial charge in [-0.15, -0.1) is 23.4 Å². The van der Waals surface area contributed by atoms with E-state index in [-0.39, 0.29) is 42.8 Å². The van der Waals surface area contributed by atoms with Crippen LogP contribution in [0.15, 0.2) is 88.9 Å². The minimum atomic E-state index is -1.15. The van der Waals surface area contributed by atoms with Gasteiger partial charge in [0.1, 0.15) is 11.1 Å². The Bertz CT molecular complexity index is 2940. The van der Waals surface area contributed by atoms with Crippen molar-refractivity contribution in [1.82, 2.24) is 39.6 Å². The van der Waals surface area contributed by atoms with Crippen LogP contribution < -0.4 is 27.0 Å². The van der Waals surface area contributed by atoms with Crippen LogP contribution in [-0.2, 0) is 27.4 Å². The number of nitrogens with zero attached hydrogens (tertiary/aromatic N) is 6. The Balaban J connectivity index is 0.945. The average molecular weight is 920 g/mol. The molecule has 1 fully saturated rings. The summed E-state index contributed by atoms with van der Waals surface area (Å²) in [5.74, 6) is -6.06. The maximum atomic E-state index is 14.1. The van der Waals surface area contributed by atoms with Gasteiger partial charge in [0.2, 0.25) is 10.9 Å². The lowest BCUT2D eigenvalue weighted by Crippen LogP contribution is -2.64. The monoisotopic (exact) mass is 919 g/mol. The third-order valence-electron chi connectivity index (χ3n) is 12.6. The number of nitrogens with one attached hydrogen (secondary N) is 3. The van der Waals surface area contributed by atoms with Crippen LogP contribution >= 0.6 is 11.8 Å². The van der Waals surface area contributed by atoms with Crippen molar-refractivity contribution in [2.75, 3.05) is 18.5 Å². The van der Waals surface area contributed by atoms with E-state index in [1.54, 1.807) is 42.3 Å². The molecule has 6 atom stereocenters. The normalized spacial score (nSPS) is 25.3. The number of hydrogen-bond donors (Lipinski definition) is 5. The highest BCUT2D eigenvalue weighted by Crippen LogP contribution is 2.44. The van der Waals surface area contributed by atoms with Gasteiger partial charge >= 0.3 is 0 Å². The number of hydrazine groups is 1. The van der Waals surface area contributed by atoms with Gasteiger partial charge in [-0.25, -0.2) is 4.68 Å². The zero-order valence-electron chi connectivity index (χ0n) is 36.0. The second-order valence-corrected chi connectivity index (χ2v) is 17.9. The molecule has 3 aromatic heterocycles. The van der Waals surface area contributed by atoms with E-state index in [1.165, 1.54) is 31.2 Å². The molecule has 342 valence electrons.